The van der Waals surface area contributed by atoms with E-state index in [1.165, 1.54) is 12.8 Å². The summed E-state index contributed by atoms with van der Waals surface area (Å²) in [6.07, 6.45) is 6.25. The van der Waals surface area contributed by atoms with Crippen molar-refractivity contribution in [2.75, 3.05) is 12.3 Å². The van der Waals surface area contributed by atoms with Crippen LogP contribution in [-0.4, -0.2) is 24.3 Å². The Morgan fingerprint density at radius 2 is 2.14 bits per heavy atom. The Bertz CT molecular complexity index is 535. The normalized spacial score (nSPS) is 24.1. The maximum absolute atomic E-state index is 12.3. The van der Waals surface area contributed by atoms with Crippen LogP contribution in [0, 0.1) is 6.92 Å². The fraction of sp³-hybridized carbons (Fsp3) is 0.588. The van der Waals surface area contributed by atoms with Gasteiger partial charge in [-0.3, -0.25) is 0 Å². The van der Waals surface area contributed by atoms with Crippen molar-refractivity contribution in [3.8, 4) is 0 Å². The molecule has 3 rings (SSSR count). The first-order chi connectivity index (χ1) is 10.1. The van der Waals surface area contributed by atoms with Crippen LogP contribution in [0.25, 0.3) is 0 Å². The molecule has 2 aliphatic rings. The van der Waals surface area contributed by atoms with Gasteiger partial charge in [0.1, 0.15) is 6.10 Å². The van der Waals surface area contributed by atoms with Crippen LogP contribution in [0.1, 0.15) is 54.4 Å². The summed E-state index contributed by atoms with van der Waals surface area (Å²) in [6.45, 7) is 2.59. The molecular formula is C17H23NO3. The number of aryl methyl sites for hydroxylation is 1. The molecule has 0 bridgehead atoms. The van der Waals surface area contributed by atoms with Gasteiger partial charge in [-0.2, -0.15) is 0 Å². The number of benzene rings is 1. The number of rotatable bonds is 2. The molecule has 1 unspecified atom stereocenters. The third kappa shape index (κ3) is 3.05. The predicted octanol–water partition coefficient (Wildman–Crippen LogP) is 3.23. The molecule has 1 aromatic rings. The van der Waals surface area contributed by atoms with E-state index >= 15 is 0 Å². The van der Waals surface area contributed by atoms with Crippen molar-refractivity contribution < 1.29 is 14.3 Å². The monoisotopic (exact) mass is 289 g/mol. The van der Waals surface area contributed by atoms with E-state index < -0.39 is 0 Å². The number of nitrogen functional groups attached to an aromatic ring is 1. The Labute approximate surface area is 125 Å². The molecule has 0 radical (unpaired) electrons. The van der Waals surface area contributed by atoms with Gasteiger partial charge in [-0.1, -0.05) is 12.8 Å². The van der Waals surface area contributed by atoms with Crippen LogP contribution in [0.4, 0.5) is 5.69 Å². The minimum atomic E-state index is -0.252. The number of carbonyl (C=O) groups excluding carboxylic acids is 1. The fourth-order valence-electron chi connectivity index (χ4n) is 3.47. The van der Waals surface area contributed by atoms with Gasteiger partial charge in [-0.05, 0) is 43.5 Å². The van der Waals surface area contributed by atoms with Gasteiger partial charge in [0, 0.05) is 18.5 Å². The highest BCUT2D eigenvalue weighted by Crippen LogP contribution is 2.40. The zero-order chi connectivity index (χ0) is 14.9. The number of hydrogen-bond acceptors (Lipinski definition) is 4. The quantitative estimate of drug-likeness (QED) is 0.670. The lowest BCUT2D eigenvalue weighted by molar-refractivity contribution is -0.117. The van der Waals surface area contributed by atoms with E-state index in [0.29, 0.717) is 17.9 Å². The van der Waals surface area contributed by atoms with Crippen LogP contribution in [0.15, 0.2) is 18.2 Å². The third-order valence-corrected chi connectivity index (χ3v) is 4.74. The second-order valence-corrected chi connectivity index (χ2v) is 6.33. The maximum atomic E-state index is 12.3. The number of anilines is 1. The van der Waals surface area contributed by atoms with E-state index in [1.807, 2.05) is 6.92 Å². The summed E-state index contributed by atoms with van der Waals surface area (Å²) in [6, 6.07) is 5.28. The SMILES string of the molecule is Cc1cc(C(=O)OC2CCOC3(CCCC3)C2)ccc1N. The molecule has 1 aromatic carbocycles. The van der Waals surface area contributed by atoms with Gasteiger partial charge in [0.25, 0.3) is 0 Å². The molecular weight excluding hydrogens is 266 g/mol. The van der Waals surface area contributed by atoms with Gasteiger partial charge in [0.15, 0.2) is 0 Å². The van der Waals surface area contributed by atoms with Crippen LogP contribution in [0.5, 0.6) is 0 Å². The molecule has 114 valence electrons. The van der Waals surface area contributed by atoms with Crippen molar-refractivity contribution >= 4 is 11.7 Å². The third-order valence-electron chi connectivity index (χ3n) is 4.74. The number of ether oxygens (including phenoxy) is 2. The molecule has 1 saturated carbocycles. The molecule has 1 heterocycles. The van der Waals surface area contributed by atoms with Crippen molar-refractivity contribution in [2.45, 2.75) is 57.2 Å². The summed E-state index contributed by atoms with van der Waals surface area (Å²) in [4.78, 5) is 12.3. The summed E-state index contributed by atoms with van der Waals surface area (Å²) >= 11 is 0. The molecule has 0 amide bonds. The van der Waals surface area contributed by atoms with Crippen LogP contribution >= 0.6 is 0 Å². The van der Waals surface area contributed by atoms with Gasteiger partial charge >= 0.3 is 5.97 Å². The van der Waals surface area contributed by atoms with Gasteiger partial charge in [-0.25, -0.2) is 4.79 Å². The van der Waals surface area contributed by atoms with Crippen LogP contribution in [0.2, 0.25) is 0 Å². The first kappa shape index (κ1) is 14.4. The van der Waals surface area contributed by atoms with E-state index in [2.05, 4.69) is 0 Å². The molecule has 2 fully saturated rings. The molecule has 4 nitrogen and oxygen atoms in total. The van der Waals surface area contributed by atoms with Gasteiger partial charge in [-0.15, -0.1) is 0 Å². The topological polar surface area (TPSA) is 61.5 Å². The molecule has 2 N–H and O–H groups in total. The number of carbonyl (C=O) groups is 1. The Morgan fingerprint density at radius 1 is 1.38 bits per heavy atom. The molecule has 4 heteroatoms. The van der Waals surface area contributed by atoms with E-state index in [-0.39, 0.29) is 17.7 Å². The van der Waals surface area contributed by atoms with Crippen LogP contribution in [0.3, 0.4) is 0 Å². The van der Waals surface area contributed by atoms with Crippen molar-refractivity contribution in [1.29, 1.82) is 0 Å². The number of hydrogen-bond donors (Lipinski definition) is 1. The number of esters is 1. The van der Waals surface area contributed by atoms with E-state index in [9.17, 15) is 4.79 Å². The molecule has 1 atom stereocenters. The molecule has 1 spiro atoms. The summed E-state index contributed by atoms with van der Waals surface area (Å²) in [5.74, 6) is -0.252. The van der Waals surface area contributed by atoms with E-state index in [4.69, 9.17) is 15.2 Å². The zero-order valence-corrected chi connectivity index (χ0v) is 12.6. The average molecular weight is 289 g/mol. The molecule has 0 aromatic heterocycles. The highest BCUT2D eigenvalue weighted by atomic mass is 16.6. The minimum Gasteiger partial charge on any atom is -0.459 e. The smallest absolute Gasteiger partial charge is 0.338 e. The standard InChI is InChI=1S/C17H23NO3/c1-12-10-13(4-5-15(12)18)16(19)21-14-6-9-20-17(11-14)7-2-3-8-17/h4-5,10,14H,2-3,6-9,11,18H2,1H3. The van der Waals surface area contributed by atoms with Crippen molar-refractivity contribution in [3.05, 3.63) is 29.3 Å². The van der Waals surface area contributed by atoms with Crippen LogP contribution in [-0.2, 0) is 9.47 Å². The van der Waals surface area contributed by atoms with Crippen molar-refractivity contribution in [1.82, 2.24) is 0 Å². The maximum Gasteiger partial charge on any atom is 0.338 e. The van der Waals surface area contributed by atoms with E-state index in [0.717, 1.165) is 31.2 Å². The number of nitrogens with two attached hydrogens (primary N) is 1. The lowest BCUT2D eigenvalue weighted by atomic mass is 9.90. The Hall–Kier alpha value is -1.55. The predicted molar refractivity (Wildman–Crippen MR) is 81.2 cm³/mol. The van der Waals surface area contributed by atoms with Crippen molar-refractivity contribution in [3.63, 3.8) is 0 Å². The zero-order valence-electron chi connectivity index (χ0n) is 12.6. The van der Waals surface area contributed by atoms with Crippen molar-refractivity contribution in [2.24, 2.45) is 0 Å². The average Bonchev–Trinajstić information content (AvgIpc) is 2.89. The lowest BCUT2D eigenvalue weighted by Gasteiger charge is -2.37. The van der Waals surface area contributed by atoms with Crippen LogP contribution < -0.4 is 5.73 Å². The second kappa shape index (κ2) is 5.68. The summed E-state index contributed by atoms with van der Waals surface area (Å²) < 4.78 is 11.7. The summed E-state index contributed by atoms with van der Waals surface area (Å²) in [5.41, 5.74) is 7.94. The molecule has 1 aliphatic heterocycles. The largest absolute Gasteiger partial charge is 0.459 e. The Morgan fingerprint density at radius 3 is 2.86 bits per heavy atom. The fourth-order valence-corrected chi connectivity index (χ4v) is 3.47. The highest BCUT2D eigenvalue weighted by molar-refractivity contribution is 5.90. The molecule has 1 saturated heterocycles. The first-order valence-electron chi connectivity index (χ1n) is 7.79. The van der Waals surface area contributed by atoms with Gasteiger partial charge < -0.3 is 15.2 Å². The Balaban J connectivity index is 1.65. The summed E-state index contributed by atoms with van der Waals surface area (Å²) in [7, 11) is 0. The van der Waals surface area contributed by atoms with Gasteiger partial charge in [0.05, 0.1) is 17.8 Å². The Kier molecular flexibility index (Phi) is 3.89. The summed E-state index contributed by atoms with van der Waals surface area (Å²) in [5, 5.41) is 0. The lowest BCUT2D eigenvalue weighted by Crippen LogP contribution is -2.41. The minimum absolute atomic E-state index is 0.0257. The van der Waals surface area contributed by atoms with Gasteiger partial charge in [0.2, 0.25) is 0 Å². The molecule has 21 heavy (non-hydrogen) atoms. The highest BCUT2D eigenvalue weighted by Gasteiger charge is 2.41. The molecule has 1 aliphatic carbocycles. The van der Waals surface area contributed by atoms with E-state index in [1.54, 1.807) is 18.2 Å². The second-order valence-electron chi connectivity index (χ2n) is 6.33. The first-order valence-corrected chi connectivity index (χ1v) is 7.79.